The van der Waals surface area contributed by atoms with Gasteiger partial charge in [-0.15, -0.1) is 0 Å². The van der Waals surface area contributed by atoms with Gasteiger partial charge in [0.2, 0.25) is 5.91 Å². The van der Waals surface area contributed by atoms with Crippen molar-refractivity contribution in [2.24, 2.45) is 0 Å². The summed E-state index contributed by atoms with van der Waals surface area (Å²) >= 11 is 0. The zero-order valence-corrected chi connectivity index (χ0v) is 17.6. The van der Waals surface area contributed by atoms with E-state index in [0.29, 0.717) is 24.3 Å². The van der Waals surface area contributed by atoms with Crippen molar-refractivity contribution in [3.8, 4) is 5.75 Å². The van der Waals surface area contributed by atoms with Crippen molar-refractivity contribution in [2.75, 3.05) is 13.2 Å². The van der Waals surface area contributed by atoms with Gasteiger partial charge >= 0.3 is 0 Å². The smallest absolute Gasteiger partial charge is 0.262 e. The Kier molecular flexibility index (Phi) is 6.06. The first-order valence-corrected chi connectivity index (χ1v) is 9.80. The molecule has 0 unspecified atom stereocenters. The Labute approximate surface area is 176 Å². The number of carbonyl (C=O) groups excluding carboxylic acids is 3. The van der Waals surface area contributed by atoms with E-state index in [9.17, 15) is 14.4 Å². The van der Waals surface area contributed by atoms with Crippen LogP contribution in [0.2, 0.25) is 0 Å². The van der Waals surface area contributed by atoms with Gasteiger partial charge in [-0.3, -0.25) is 19.3 Å². The maximum absolute atomic E-state index is 13.1. The minimum atomic E-state index is -0.492. The number of carbonyl (C=O) groups is 3. The summed E-state index contributed by atoms with van der Waals surface area (Å²) < 4.78 is 5.49. The van der Waals surface area contributed by atoms with E-state index in [1.54, 1.807) is 35.2 Å². The third-order valence-corrected chi connectivity index (χ3v) is 4.91. The highest BCUT2D eigenvalue weighted by molar-refractivity contribution is 6.22. The SMILES string of the molecule is C=CCOc1ccc(CN(C(=O)CN2C(=O)c3ccccc3C2=O)C(C)(C)C)cc1. The van der Waals surface area contributed by atoms with Gasteiger partial charge in [-0.25, -0.2) is 0 Å². The summed E-state index contributed by atoms with van der Waals surface area (Å²) in [4.78, 5) is 41.1. The molecule has 1 aliphatic rings. The Morgan fingerprint density at radius 3 is 2.10 bits per heavy atom. The highest BCUT2D eigenvalue weighted by Gasteiger charge is 2.38. The van der Waals surface area contributed by atoms with Gasteiger partial charge in [0.1, 0.15) is 18.9 Å². The molecule has 1 heterocycles. The normalized spacial score (nSPS) is 13.2. The van der Waals surface area contributed by atoms with Crippen LogP contribution in [0.25, 0.3) is 0 Å². The van der Waals surface area contributed by atoms with Gasteiger partial charge in [0, 0.05) is 12.1 Å². The van der Waals surface area contributed by atoms with Gasteiger partial charge in [0.25, 0.3) is 11.8 Å². The fourth-order valence-electron chi connectivity index (χ4n) is 3.33. The molecule has 0 radical (unpaired) electrons. The summed E-state index contributed by atoms with van der Waals surface area (Å²) in [5.41, 5.74) is 1.11. The highest BCUT2D eigenvalue weighted by Crippen LogP contribution is 2.24. The molecule has 0 spiro atoms. The Hall–Kier alpha value is -3.41. The van der Waals surface area contributed by atoms with Gasteiger partial charge in [-0.05, 0) is 50.6 Å². The summed E-state index contributed by atoms with van der Waals surface area (Å²) in [7, 11) is 0. The van der Waals surface area contributed by atoms with Gasteiger partial charge in [0.15, 0.2) is 0 Å². The Morgan fingerprint density at radius 1 is 1.03 bits per heavy atom. The molecule has 0 N–H and O–H groups in total. The van der Waals surface area contributed by atoms with Crippen molar-refractivity contribution in [3.63, 3.8) is 0 Å². The van der Waals surface area contributed by atoms with Gasteiger partial charge in [0.05, 0.1) is 11.1 Å². The molecule has 2 aromatic rings. The maximum atomic E-state index is 13.1. The largest absolute Gasteiger partial charge is 0.490 e. The van der Waals surface area contributed by atoms with Gasteiger partial charge in [-0.1, -0.05) is 36.9 Å². The molecular weight excluding hydrogens is 380 g/mol. The quantitative estimate of drug-likeness (QED) is 0.520. The van der Waals surface area contributed by atoms with Crippen molar-refractivity contribution in [2.45, 2.75) is 32.9 Å². The van der Waals surface area contributed by atoms with E-state index in [0.717, 1.165) is 16.2 Å². The third-order valence-electron chi connectivity index (χ3n) is 4.91. The predicted molar refractivity (Wildman–Crippen MR) is 114 cm³/mol. The van der Waals surface area contributed by atoms with Crippen LogP contribution in [0.3, 0.4) is 0 Å². The third kappa shape index (κ3) is 4.43. The summed E-state index contributed by atoms with van der Waals surface area (Å²) in [5, 5.41) is 0. The number of rotatable bonds is 7. The first kappa shape index (κ1) is 21.3. The summed E-state index contributed by atoms with van der Waals surface area (Å²) in [6.07, 6.45) is 1.67. The first-order valence-electron chi connectivity index (χ1n) is 9.80. The molecule has 6 nitrogen and oxygen atoms in total. The minimum absolute atomic E-state index is 0.288. The van der Waals surface area contributed by atoms with E-state index < -0.39 is 17.4 Å². The van der Waals surface area contributed by atoms with Crippen LogP contribution in [0.1, 0.15) is 47.1 Å². The monoisotopic (exact) mass is 406 g/mol. The first-order chi connectivity index (χ1) is 14.2. The van der Waals surface area contributed by atoms with Crippen LogP contribution < -0.4 is 4.74 Å². The lowest BCUT2D eigenvalue weighted by atomic mass is 10.0. The number of ether oxygens (including phenoxy) is 1. The zero-order valence-electron chi connectivity index (χ0n) is 17.6. The lowest BCUT2D eigenvalue weighted by molar-refractivity contribution is -0.137. The summed E-state index contributed by atoms with van der Waals surface area (Å²) in [6, 6.07) is 14.1. The molecule has 0 saturated heterocycles. The van der Waals surface area contributed by atoms with Crippen LogP contribution in [0.5, 0.6) is 5.75 Å². The van der Waals surface area contributed by atoms with Crippen LogP contribution in [0, 0.1) is 0 Å². The number of benzene rings is 2. The average Bonchev–Trinajstić information content (AvgIpc) is 2.95. The van der Waals surface area contributed by atoms with Crippen molar-refractivity contribution >= 4 is 17.7 Å². The fourth-order valence-corrected chi connectivity index (χ4v) is 3.33. The van der Waals surface area contributed by atoms with E-state index in [1.807, 2.05) is 45.0 Å². The summed E-state index contributed by atoms with van der Waals surface area (Å²) in [5.74, 6) is -0.426. The van der Waals surface area contributed by atoms with Crippen LogP contribution >= 0.6 is 0 Å². The van der Waals surface area contributed by atoms with Crippen molar-refractivity contribution in [3.05, 3.63) is 77.9 Å². The number of hydrogen-bond acceptors (Lipinski definition) is 4. The number of amides is 3. The minimum Gasteiger partial charge on any atom is -0.490 e. The Morgan fingerprint density at radius 2 is 1.60 bits per heavy atom. The molecule has 0 bridgehead atoms. The average molecular weight is 406 g/mol. The number of fused-ring (bicyclic) bond motifs is 1. The van der Waals surface area contributed by atoms with Crippen molar-refractivity contribution < 1.29 is 19.1 Å². The van der Waals surface area contributed by atoms with Crippen molar-refractivity contribution in [1.82, 2.24) is 9.80 Å². The van der Waals surface area contributed by atoms with Crippen LogP contribution in [-0.2, 0) is 11.3 Å². The second-order valence-electron chi connectivity index (χ2n) is 8.14. The number of imide groups is 1. The standard InChI is InChI=1S/C24H26N2O4/c1-5-14-30-18-12-10-17(11-13-18)15-26(24(2,3)4)21(27)16-25-22(28)19-8-6-7-9-20(19)23(25)29/h5-13H,1,14-16H2,2-4H3. The molecule has 156 valence electrons. The number of hydrogen-bond donors (Lipinski definition) is 0. The molecule has 0 aromatic heterocycles. The Balaban J connectivity index is 1.75. The highest BCUT2D eigenvalue weighted by atomic mass is 16.5. The van der Waals surface area contributed by atoms with E-state index >= 15 is 0 Å². The second kappa shape index (κ2) is 8.53. The predicted octanol–water partition coefficient (Wildman–Crippen LogP) is 3.67. The fraction of sp³-hybridized carbons (Fsp3) is 0.292. The molecular formula is C24H26N2O4. The van der Waals surface area contributed by atoms with E-state index in [-0.39, 0.29) is 12.5 Å². The molecule has 0 saturated carbocycles. The van der Waals surface area contributed by atoms with Gasteiger partial charge in [-0.2, -0.15) is 0 Å². The van der Waals surface area contributed by atoms with Crippen LogP contribution in [0.4, 0.5) is 0 Å². The molecule has 30 heavy (non-hydrogen) atoms. The maximum Gasteiger partial charge on any atom is 0.262 e. The molecule has 6 heteroatoms. The van der Waals surface area contributed by atoms with Crippen LogP contribution in [0.15, 0.2) is 61.2 Å². The van der Waals surface area contributed by atoms with E-state index in [2.05, 4.69) is 6.58 Å². The molecule has 0 atom stereocenters. The molecule has 1 aliphatic heterocycles. The second-order valence-corrected chi connectivity index (χ2v) is 8.14. The number of nitrogens with zero attached hydrogens (tertiary/aromatic N) is 2. The molecule has 0 fully saturated rings. The molecule has 3 amide bonds. The van der Waals surface area contributed by atoms with E-state index in [1.165, 1.54) is 0 Å². The topological polar surface area (TPSA) is 66.9 Å². The Bertz CT molecular complexity index is 938. The lowest BCUT2D eigenvalue weighted by Gasteiger charge is -2.36. The molecule has 0 aliphatic carbocycles. The lowest BCUT2D eigenvalue weighted by Crippen LogP contribution is -2.50. The zero-order chi connectivity index (χ0) is 21.9. The van der Waals surface area contributed by atoms with Crippen molar-refractivity contribution in [1.29, 1.82) is 0 Å². The van der Waals surface area contributed by atoms with E-state index in [4.69, 9.17) is 4.74 Å². The molecule has 3 rings (SSSR count). The van der Waals surface area contributed by atoms with Gasteiger partial charge < -0.3 is 9.64 Å². The van der Waals surface area contributed by atoms with Crippen LogP contribution in [-0.4, -0.2) is 46.2 Å². The molecule has 2 aromatic carbocycles. The summed E-state index contributed by atoms with van der Waals surface area (Å²) in [6.45, 7) is 9.89.